The molecular formula is C10H9NO3. The van der Waals surface area contributed by atoms with E-state index in [-0.39, 0.29) is 13.0 Å². The predicted molar refractivity (Wildman–Crippen MR) is 48.9 cm³/mol. The van der Waals surface area contributed by atoms with Gasteiger partial charge < -0.3 is 9.84 Å². The van der Waals surface area contributed by atoms with Crippen molar-refractivity contribution in [1.82, 2.24) is 0 Å². The van der Waals surface area contributed by atoms with Crippen LogP contribution in [-0.2, 0) is 11.2 Å². The number of benzene rings is 1. The largest absolute Gasteiger partial charge is 0.481 e. The number of rotatable bonds is 4. The van der Waals surface area contributed by atoms with Crippen LogP contribution in [0.1, 0.15) is 5.56 Å². The normalized spacial score (nSPS) is 9.07. The number of carbonyl (C=O) groups is 1. The number of hydrogen-bond donors (Lipinski definition) is 1. The summed E-state index contributed by atoms with van der Waals surface area (Å²) in [5.41, 5.74) is 0.710. The lowest BCUT2D eigenvalue weighted by atomic mass is 10.1. The first-order valence-corrected chi connectivity index (χ1v) is 4.03. The van der Waals surface area contributed by atoms with Crippen LogP contribution in [0.4, 0.5) is 0 Å². The van der Waals surface area contributed by atoms with E-state index in [1.807, 2.05) is 6.07 Å². The first kappa shape index (κ1) is 10.1. The number of nitriles is 1. The highest BCUT2D eigenvalue weighted by atomic mass is 16.5. The lowest BCUT2D eigenvalue weighted by Gasteiger charge is -2.01. The fourth-order valence-corrected chi connectivity index (χ4v) is 0.994. The Labute approximate surface area is 81.4 Å². The first-order chi connectivity index (χ1) is 6.72. The van der Waals surface area contributed by atoms with Gasteiger partial charge in [0.2, 0.25) is 0 Å². The van der Waals surface area contributed by atoms with E-state index < -0.39 is 5.97 Å². The van der Waals surface area contributed by atoms with Crippen LogP contribution >= 0.6 is 0 Å². The van der Waals surface area contributed by atoms with Crippen LogP contribution in [-0.4, -0.2) is 17.7 Å². The summed E-state index contributed by atoms with van der Waals surface area (Å²) >= 11 is 0. The Hall–Kier alpha value is -2.02. The molecule has 0 aliphatic heterocycles. The second-order valence-corrected chi connectivity index (χ2v) is 2.66. The van der Waals surface area contributed by atoms with Crippen molar-refractivity contribution in [2.75, 3.05) is 6.61 Å². The van der Waals surface area contributed by atoms with E-state index >= 15 is 0 Å². The number of ether oxygens (including phenoxy) is 1. The van der Waals surface area contributed by atoms with Crippen molar-refractivity contribution in [2.24, 2.45) is 0 Å². The van der Waals surface area contributed by atoms with E-state index in [2.05, 4.69) is 0 Å². The fourth-order valence-electron chi connectivity index (χ4n) is 0.994. The van der Waals surface area contributed by atoms with Gasteiger partial charge in [-0.1, -0.05) is 12.1 Å². The maximum Gasteiger partial charge on any atom is 0.307 e. The third-order valence-electron chi connectivity index (χ3n) is 1.58. The Bertz CT molecular complexity index is 351. The zero-order valence-electron chi connectivity index (χ0n) is 7.43. The van der Waals surface area contributed by atoms with E-state index in [9.17, 15) is 4.79 Å². The van der Waals surface area contributed by atoms with Gasteiger partial charge in [-0.25, -0.2) is 0 Å². The minimum Gasteiger partial charge on any atom is -0.481 e. The second kappa shape index (κ2) is 4.87. The Morgan fingerprint density at radius 3 is 2.57 bits per heavy atom. The molecule has 0 aromatic heterocycles. The molecule has 4 heteroatoms. The molecule has 0 atom stereocenters. The maximum atomic E-state index is 10.4. The average molecular weight is 191 g/mol. The molecule has 0 saturated carbocycles. The molecule has 0 aliphatic rings. The lowest BCUT2D eigenvalue weighted by molar-refractivity contribution is -0.136. The van der Waals surface area contributed by atoms with E-state index in [0.717, 1.165) is 0 Å². The molecule has 1 rings (SSSR count). The molecule has 1 aromatic carbocycles. The topological polar surface area (TPSA) is 70.3 Å². The summed E-state index contributed by atoms with van der Waals surface area (Å²) in [6.07, 6.45) is -0.00146. The Morgan fingerprint density at radius 2 is 2.07 bits per heavy atom. The van der Waals surface area contributed by atoms with E-state index in [4.69, 9.17) is 15.1 Å². The van der Waals surface area contributed by atoms with E-state index in [0.29, 0.717) is 11.3 Å². The molecule has 4 nitrogen and oxygen atoms in total. The molecule has 14 heavy (non-hydrogen) atoms. The molecule has 0 saturated heterocycles. The van der Waals surface area contributed by atoms with E-state index in [1.54, 1.807) is 24.3 Å². The van der Waals surface area contributed by atoms with Crippen molar-refractivity contribution in [3.8, 4) is 11.8 Å². The van der Waals surface area contributed by atoms with Crippen molar-refractivity contribution in [1.29, 1.82) is 5.26 Å². The SMILES string of the molecule is N#CCOc1ccc(CC(=O)O)cc1. The molecule has 1 N–H and O–H groups in total. The summed E-state index contributed by atoms with van der Waals surface area (Å²) in [5, 5.41) is 16.8. The van der Waals surface area contributed by atoms with Crippen LogP contribution < -0.4 is 4.74 Å². The molecule has 0 aliphatic carbocycles. The van der Waals surface area contributed by atoms with Crippen LogP contribution in [0.2, 0.25) is 0 Å². The predicted octanol–water partition coefficient (Wildman–Crippen LogP) is 1.22. The van der Waals surface area contributed by atoms with Crippen molar-refractivity contribution in [2.45, 2.75) is 6.42 Å². The molecule has 0 amide bonds. The van der Waals surface area contributed by atoms with Gasteiger partial charge in [0, 0.05) is 0 Å². The number of carboxylic acid groups (broad SMARTS) is 1. The Kier molecular flexibility index (Phi) is 3.50. The first-order valence-electron chi connectivity index (χ1n) is 4.03. The van der Waals surface area contributed by atoms with Crippen molar-refractivity contribution < 1.29 is 14.6 Å². The highest BCUT2D eigenvalue weighted by Gasteiger charge is 2.00. The molecule has 72 valence electrons. The van der Waals surface area contributed by atoms with Gasteiger partial charge in [-0.3, -0.25) is 4.79 Å². The highest BCUT2D eigenvalue weighted by molar-refractivity contribution is 5.70. The third kappa shape index (κ3) is 3.15. The standard InChI is InChI=1S/C10H9NO3/c11-5-6-14-9-3-1-8(2-4-9)7-10(12)13/h1-4H,6-7H2,(H,12,13). The zero-order valence-corrected chi connectivity index (χ0v) is 7.43. The van der Waals surface area contributed by atoms with Gasteiger partial charge in [0.25, 0.3) is 0 Å². The third-order valence-corrected chi connectivity index (χ3v) is 1.58. The number of hydrogen-bond acceptors (Lipinski definition) is 3. The molecular weight excluding hydrogens is 182 g/mol. The monoisotopic (exact) mass is 191 g/mol. The number of nitrogens with zero attached hydrogens (tertiary/aromatic N) is 1. The van der Waals surface area contributed by atoms with Crippen LogP contribution in [0.5, 0.6) is 5.75 Å². The van der Waals surface area contributed by atoms with Crippen LogP contribution in [0.3, 0.4) is 0 Å². The summed E-state index contributed by atoms with van der Waals surface area (Å²) in [6.45, 7) is -0.00171. The highest BCUT2D eigenvalue weighted by Crippen LogP contribution is 2.12. The van der Waals surface area contributed by atoms with Gasteiger partial charge in [-0.2, -0.15) is 5.26 Å². The van der Waals surface area contributed by atoms with Crippen LogP contribution in [0.15, 0.2) is 24.3 Å². The second-order valence-electron chi connectivity index (χ2n) is 2.66. The van der Waals surface area contributed by atoms with Crippen molar-refractivity contribution in [3.63, 3.8) is 0 Å². The van der Waals surface area contributed by atoms with Gasteiger partial charge >= 0.3 is 5.97 Å². The Balaban J connectivity index is 2.60. The van der Waals surface area contributed by atoms with Gasteiger partial charge in [0.15, 0.2) is 6.61 Å². The summed E-state index contributed by atoms with van der Waals surface area (Å²) in [6, 6.07) is 8.48. The molecule has 1 aromatic rings. The fraction of sp³-hybridized carbons (Fsp3) is 0.200. The summed E-state index contributed by atoms with van der Waals surface area (Å²) in [7, 11) is 0. The molecule has 0 fully saturated rings. The minimum atomic E-state index is -0.865. The quantitative estimate of drug-likeness (QED) is 0.776. The maximum absolute atomic E-state index is 10.4. The summed E-state index contributed by atoms with van der Waals surface area (Å²) in [4.78, 5) is 10.4. The molecule has 0 heterocycles. The summed E-state index contributed by atoms with van der Waals surface area (Å²) in [5.74, 6) is -0.295. The van der Waals surface area contributed by atoms with Gasteiger partial charge in [0.05, 0.1) is 6.42 Å². The number of aliphatic carboxylic acids is 1. The van der Waals surface area contributed by atoms with Crippen LogP contribution in [0, 0.1) is 11.3 Å². The number of carboxylic acids is 1. The molecule has 0 spiro atoms. The zero-order chi connectivity index (χ0) is 10.4. The van der Waals surface area contributed by atoms with Crippen molar-refractivity contribution >= 4 is 5.97 Å². The van der Waals surface area contributed by atoms with E-state index in [1.165, 1.54) is 0 Å². The summed E-state index contributed by atoms with van der Waals surface area (Å²) < 4.78 is 5.01. The molecule has 0 unspecified atom stereocenters. The Morgan fingerprint density at radius 1 is 1.43 bits per heavy atom. The van der Waals surface area contributed by atoms with Gasteiger partial charge in [-0.05, 0) is 17.7 Å². The average Bonchev–Trinajstić information content (AvgIpc) is 2.16. The van der Waals surface area contributed by atoms with Gasteiger partial charge in [-0.15, -0.1) is 0 Å². The molecule has 0 radical (unpaired) electrons. The van der Waals surface area contributed by atoms with Crippen LogP contribution in [0.25, 0.3) is 0 Å². The molecule has 0 bridgehead atoms. The minimum absolute atomic E-state index is 0.00146. The van der Waals surface area contributed by atoms with Gasteiger partial charge in [0.1, 0.15) is 11.8 Å². The smallest absolute Gasteiger partial charge is 0.307 e. The van der Waals surface area contributed by atoms with Crippen molar-refractivity contribution in [3.05, 3.63) is 29.8 Å². The lowest BCUT2D eigenvalue weighted by Crippen LogP contribution is -2.00.